The molecule has 0 aromatic carbocycles. The van der Waals surface area contributed by atoms with Gasteiger partial charge in [-0.3, -0.25) is 4.68 Å². The Kier molecular flexibility index (Phi) is 2.96. The normalized spacial score (nSPS) is 19.4. The molecule has 0 spiro atoms. The van der Waals surface area contributed by atoms with E-state index in [-0.39, 0.29) is 0 Å². The molecule has 1 atom stereocenters. The fraction of sp³-hybridized carbons (Fsp3) is 0.462. The minimum absolute atomic E-state index is 0.679. The lowest BCUT2D eigenvalue weighted by atomic mass is 10.0. The van der Waals surface area contributed by atoms with Gasteiger partial charge in [-0.2, -0.15) is 5.10 Å². The van der Waals surface area contributed by atoms with Gasteiger partial charge in [0.15, 0.2) is 0 Å². The summed E-state index contributed by atoms with van der Waals surface area (Å²) in [7, 11) is 1.96. The summed E-state index contributed by atoms with van der Waals surface area (Å²) in [6, 6.07) is 1.85. The van der Waals surface area contributed by atoms with Crippen LogP contribution in [0.15, 0.2) is 30.9 Å². The lowest BCUT2D eigenvalue weighted by Crippen LogP contribution is -2.22. The number of aryl methyl sites for hydroxylation is 1. The molecular weight excluding hydrogens is 226 g/mol. The van der Waals surface area contributed by atoms with E-state index in [1.54, 1.807) is 12.4 Å². The molecule has 0 radical (unpaired) electrons. The van der Waals surface area contributed by atoms with Crippen LogP contribution in [0.3, 0.4) is 0 Å². The molecule has 0 amide bonds. The molecule has 2 aromatic rings. The third-order valence-electron chi connectivity index (χ3n) is 3.40. The van der Waals surface area contributed by atoms with E-state index in [1.807, 2.05) is 24.0 Å². The smallest absolute Gasteiger partial charge is 0.225 e. The second-order valence-corrected chi connectivity index (χ2v) is 4.88. The lowest BCUT2D eigenvalue weighted by molar-refractivity contribution is 0.585. The monoisotopic (exact) mass is 243 g/mol. The highest BCUT2D eigenvalue weighted by molar-refractivity contribution is 5.30. The van der Waals surface area contributed by atoms with Crippen LogP contribution in [0.4, 0.5) is 5.95 Å². The van der Waals surface area contributed by atoms with Crippen LogP contribution in [0.25, 0.3) is 0 Å². The lowest BCUT2D eigenvalue weighted by Gasteiger charge is -2.15. The Morgan fingerprint density at radius 1 is 1.33 bits per heavy atom. The summed E-state index contributed by atoms with van der Waals surface area (Å²) in [6.45, 7) is 2.09. The molecule has 18 heavy (non-hydrogen) atoms. The summed E-state index contributed by atoms with van der Waals surface area (Å²) in [4.78, 5) is 10.9. The fourth-order valence-corrected chi connectivity index (χ4v) is 2.55. The predicted molar refractivity (Wildman–Crippen MR) is 69.3 cm³/mol. The van der Waals surface area contributed by atoms with Gasteiger partial charge in [0.25, 0.3) is 0 Å². The number of hydrogen-bond donors (Lipinski definition) is 0. The molecule has 1 aliphatic heterocycles. The molecule has 0 bridgehead atoms. The quantitative estimate of drug-likeness (QED) is 0.814. The minimum Gasteiger partial charge on any atom is -0.341 e. The van der Waals surface area contributed by atoms with Gasteiger partial charge in [-0.25, -0.2) is 9.97 Å². The van der Waals surface area contributed by atoms with Crippen molar-refractivity contribution >= 4 is 5.95 Å². The van der Waals surface area contributed by atoms with E-state index in [2.05, 4.69) is 26.2 Å². The standard InChI is InChI=1S/C13H17N5/c1-17-9-12(8-16-17)7-11-3-6-18(10-11)13-14-4-2-5-15-13/h2,4-5,8-9,11H,3,6-7,10H2,1H3. The highest BCUT2D eigenvalue weighted by atomic mass is 15.3. The van der Waals surface area contributed by atoms with Gasteiger partial charge >= 0.3 is 0 Å². The van der Waals surface area contributed by atoms with Crippen LogP contribution in [-0.4, -0.2) is 32.8 Å². The SMILES string of the molecule is Cn1cc(CC2CCN(c3ncccn3)C2)cn1. The van der Waals surface area contributed by atoms with Crippen LogP contribution in [0.2, 0.25) is 0 Å². The molecule has 0 aliphatic carbocycles. The maximum Gasteiger partial charge on any atom is 0.225 e. The van der Waals surface area contributed by atoms with Crippen LogP contribution >= 0.6 is 0 Å². The van der Waals surface area contributed by atoms with E-state index in [9.17, 15) is 0 Å². The molecular formula is C13H17N5. The van der Waals surface area contributed by atoms with Gasteiger partial charge in [0, 0.05) is 38.7 Å². The van der Waals surface area contributed by atoms with E-state index < -0.39 is 0 Å². The zero-order chi connectivity index (χ0) is 12.4. The molecule has 1 unspecified atom stereocenters. The zero-order valence-electron chi connectivity index (χ0n) is 10.5. The molecule has 0 N–H and O–H groups in total. The van der Waals surface area contributed by atoms with Gasteiger partial charge in [-0.05, 0) is 30.4 Å². The first-order chi connectivity index (χ1) is 8.81. The summed E-state index contributed by atoms with van der Waals surface area (Å²) in [5, 5.41) is 4.21. The van der Waals surface area contributed by atoms with Crippen LogP contribution in [-0.2, 0) is 13.5 Å². The van der Waals surface area contributed by atoms with Gasteiger partial charge in [0.1, 0.15) is 0 Å². The van der Waals surface area contributed by atoms with Crippen molar-refractivity contribution in [1.29, 1.82) is 0 Å². The molecule has 94 valence electrons. The summed E-state index contributed by atoms with van der Waals surface area (Å²) in [5.41, 5.74) is 1.32. The Morgan fingerprint density at radius 2 is 2.17 bits per heavy atom. The Bertz CT molecular complexity index is 507. The maximum absolute atomic E-state index is 4.30. The number of rotatable bonds is 3. The topological polar surface area (TPSA) is 46.8 Å². The molecule has 0 saturated carbocycles. The van der Waals surface area contributed by atoms with E-state index in [0.29, 0.717) is 5.92 Å². The third-order valence-corrected chi connectivity index (χ3v) is 3.40. The van der Waals surface area contributed by atoms with Gasteiger partial charge in [0.05, 0.1) is 6.20 Å². The Balaban J connectivity index is 1.62. The summed E-state index contributed by atoms with van der Waals surface area (Å²) in [5.74, 6) is 1.53. The maximum atomic E-state index is 4.30. The van der Waals surface area contributed by atoms with Crippen molar-refractivity contribution in [1.82, 2.24) is 19.7 Å². The second-order valence-electron chi connectivity index (χ2n) is 4.88. The number of anilines is 1. The molecule has 1 saturated heterocycles. The predicted octanol–water partition coefficient (Wildman–Crippen LogP) is 1.28. The first kappa shape index (κ1) is 11.2. The molecule has 5 nitrogen and oxygen atoms in total. The van der Waals surface area contributed by atoms with Crippen molar-refractivity contribution in [2.24, 2.45) is 13.0 Å². The molecule has 5 heteroatoms. The number of hydrogen-bond acceptors (Lipinski definition) is 4. The average molecular weight is 243 g/mol. The molecule has 1 aliphatic rings. The van der Waals surface area contributed by atoms with Crippen molar-refractivity contribution in [3.63, 3.8) is 0 Å². The van der Waals surface area contributed by atoms with E-state index in [1.165, 1.54) is 12.0 Å². The van der Waals surface area contributed by atoms with Crippen LogP contribution in [0.5, 0.6) is 0 Å². The number of nitrogens with zero attached hydrogens (tertiary/aromatic N) is 5. The fourth-order valence-electron chi connectivity index (χ4n) is 2.55. The Hall–Kier alpha value is -1.91. The van der Waals surface area contributed by atoms with Crippen molar-refractivity contribution in [2.75, 3.05) is 18.0 Å². The number of aromatic nitrogens is 4. The van der Waals surface area contributed by atoms with Crippen molar-refractivity contribution in [3.05, 3.63) is 36.4 Å². The first-order valence-corrected chi connectivity index (χ1v) is 6.31. The summed E-state index contributed by atoms with van der Waals surface area (Å²) >= 11 is 0. The van der Waals surface area contributed by atoms with E-state index >= 15 is 0 Å². The molecule has 3 rings (SSSR count). The molecule has 2 aromatic heterocycles. The summed E-state index contributed by atoms with van der Waals surface area (Å²) in [6.07, 6.45) is 9.96. The van der Waals surface area contributed by atoms with Gasteiger partial charge in [-0.15, -0.1) is 0 Å². The van der Waals surface area contributed by atoms with E-state index in [0.717, 1.165) is 25.5 Å². The highest BCUT2D eigenvalue weighted by Crippen LogP contribution is 2.23. The first-order valence-electron chi connectivity index (χ1n) is 6.31. The third kappa shape index (κ3) is 2.34. The van der Waals surface area contributed by atoms with E-state index in [4.69, 9.17) is 0 Å². The summed E-state index contributed by atoms with van der Waals surface area (Å²) < 4.78 is 1.86. The van der Waals surface area contributed by atoms with Crippen LogP contribution in [0.1, 0.15) is 12.0 Å². The molecule has 3 heterocycles. The van der Waals surface area contributed by atoms with Crippen molar-refractivity contribution in [2.45, 2.75) is 12.8 Å². The van der Waals surface area contributed by atoms with Gasteiger partial charge < -0.3 is 4.90 Å². The highest BCUT2D eigenvalue weighted by Gasteiger charge is 2.24. The van der Waals surface area contributed by atoms with Gasteiger partial charge in [0.2, 0.25) is 5.95 Å². The van der Waals surface area contributed by atoms with Crippen molar-refractivity contribution < 1.29 is 0 Å². The average Bonchev–Trinajstić information content (AvgIpc) is 3.01. The zero-order valence-corrected chi connectivity index (χ0v) is 10.5. The van der Waals surface area contributed by atoms with Crippen molar-refractivity contribution in [3.8, 4) is 0 Å². The Labute approximate surface area is 106 Å². The minimum atomic E-state index is 0.679. The van der Waals surface area contributed by atoms with Gasteiger partial charge in [-0.1, -0.05) is 0 Å². The van der Waals surface area contributed by atoms with Crippen LogP contribution in [0, 0.1) is 5.92 Å². The second kappa shape index (κ2) is 4.76. The Morgan fingerprint density at radius 3 is 2.89 bits per heavy atom. The largest absolute Gasteiger partial charge is 0.341 e. The molecule has 1 fully saturated rings. The van der Waals surface area contributed by atoms with Crippen LogP contribution < -0.4 is 4.90 Å².